The van der Waals surface area contributed by atoms with Gasteiger partial charge in [-0.05, 0) is 20.8 Å². The van der Waals surface area contributed by atoms with Crippen molar-refractivity contribution in [3.05, 3.63) is 11.6 Å². The zero-order valence-electron chi connectivity index (χ0n) is 8.64. The largest absolute Gasteiger partial charge is 0.370 e. The van der Waals surface area contributed by atoms with Crippen LogP contribution in [0.25, 0.3) is 0 Å². The summed E-state index contributed by atoms with van der Waals surface area (Å²) in [6, 6.07) is 0. The van der Waals surface area contributed by atoms with Crippen molar-refractivity contribution < 1.29 is 4.74 Å². The second-order valence-electron chi connectivity index (χ2n) is 4.38. The molecule has 0 aromatic carbocycles. The molecule has 1 fully saturated rings. The number of ether oxygens (including phenoxy) is 1. The van der Waals surface area contributed by atoms with Crippen LogP contribution in [-0.4, -0.2) is 36.2 Å². The third kappa shape index (κ3) is 3.67. The lowest BCUT2D eigenvalue weighted by Gasteiger charge is -2.41. The van der Waals surface area contributed by atoms with Gasteiger partial charge in [-0.1, -0.05) is 18.2 Å². The number of rotatable bonds is 2. The van der Waals surface area contributed by atoms with Crippen LogP contribution in [0.3, 0.4) is 0 Å². The van der Waals surface area contributed by atoms with Gasteiger partial charge in [0.05, 0.1) is 11.7 Å². The summed E-state index contributed by atoms with van der Waals surface area (Å²) in [5.74, 6) is 0. The molecule has 0 N–H and O–H groups in total. The Hall–Kier alpha value is -0.0500. The van der Waals surface area contributed by atoms with E-state index in [4.69, 9.17) is 16.3 Å². The molecule has 3 heteroatoms. The first-order valence-electron chi connectivity index (χ1n) is 4.62. The minimum absolute atomic E-state index is 0.0655. The van der Waals surface area contributed by atoms with Gasteiger partial charge in [-0.15, -0.1) is 0 Å². The van der Waals surface area contributed by atoms with E-state index in [0.717, 1.165) is 19.6 Å². The minimum atomic E-state index is -0.0655. The van der Waals surface area contributed by atoms with Crippen LogP contribution in [0.4, 0.5) is 0 Å². The predicted octanol–water partition coefficient (Wildman–Crippen LogP) is 2.24. The first-order valence-corrected chi connectivity index (χ1v) is 5.00. The molecule has 0 amide bonds. The highest BCUT2D eigenvalue weighted by atomic mass is 35.5. The molecule has 0 aliphatic carbocycles. The summed E-state index contributed by atoms with van der Waals surface area (Å²) in [5.41, 5.74) is -0.0655. The Bertz CT molecular complexity index is 203. The highest BCUT2D eigenvalue weighted by Gasteiger charge is 2.30. The Morgan fingerprint density at radius 1 is 1.69 bits per heavy atom. The van der Waals surface area contributed by atoms with Gasteiger partial charge < -0.3 is 4.74 Å². The smallest absolute Gasteiger partial charge is 0.0757 e. The monoisotopic (exact) mass is 203 g/mol. The average Bonchev–Trinajstić information content (AvgIpc) is 1.78. The second kappa shape index (κ2) is 3.99. The Kier molecular flexibility index (Phi) is 3.38. The van der Waals surface area contributed by atoms with E-state index in [1.807, 2.05) is 0 Å². The van der Waals surface area contributed by atoms with E-state index in [-0.39, 0.29) is 11.7 Å². The lowest BCUT2D eigenvalue weighted by molar-refractivity contribution is -0.126. The fraction of sp³-hybridized carbons (Fsp3) is 0.800. The van der Waals surface area contributed by atoms with E-state index in [1.54, 1.807) is 0 Å². The Labute approximate surface area is 85.5 Å². The molecule has 2 nitrogen and oxygen atoms in total. The number of nitrogens with zero attached hydrogens (tertiary/aromatic N) is 1. The minimum Gasteiger partial charge on any atom is -0.370 e. The Morgan fingerprint density at radius 2 is 2.31 bits per heavy atom. The van der Waals surface area contributed by atoms with Crippen LogP contribution in [0, 0.1) is 0 Å². The van der Waals surface area contributed by atoms with Crippen molar-refractivity contribution in [1.82, 2.24) is 4.90 Å². The second-order valence-corrected chi connectivity index (χ2v) is 4.91. The van der Waals surface area contributed by atoms with Crippen molar-refractivity contribution in [2.75, 3.05) is 19.6 Å². The van der Waals surface area contributed by atoms with Gasteiger partial charge in [0, 0.05) is 24.7 Å². The maximum atomic E-state index is 5.77. The Balaban J connectivity index is 2.52. The fourth-order valence-electron chi connectivity index (χ4n) is 1.95. The molecular weight excluding hydrogens is 186 g/mol. The van der Waals surface area contributed by atoms with Gasteiger partial charge in [-0.3, -0.25) is 4.90 Å². The molecule has 1 saturated heterocycles. The Morgan fingerprint density at radius 3 is 2.77 bits per heavy atom. The van der Waals surface area contributed by atoms with Crippen LogP contribution >= 0.6 is 11.6 Å². The number of hydrogen-bond acceptors (Lipinski definition) is 2. The standard InChI is InChI=1S/C10H18ClNO/c1-8(11)5-12-6-9(2)13-10(3,4)7-12/h9H,1,5-7H2,2-4H3. The molecule has 0 aromatic heterocycles. The summed E-state index contributed by atoms with van der Waals surface area (Å²) in [7, 11) is 0. The summed E-state index contributed by atoms with van der Waals surface area (Å²) in [6.07, 6.45) is 0.278. The third-order valence-electron chi connectivity index (χ3n) is 2.04. The van der Waals surface area contributed by atoms with Crippen LogP contribution in [0.1, 0.15) is 20.8 Å². The van der Waals surface area contributed by atoms with Gasteiger partial charge in [-0.2, -0.15) is 0 Å². The molecule has 0 spiro atoms. The first-order chi connectivity index (χ1) is 5.89. The van der Waals surface area contributed by atoms with Crippen molar-refractivity contribution in [3.8, 4) is 0 Å². The zero-order valence-corrected chi connectivity index (χ0v) is 9.40. The number of halogens is 1. The van der Waals surface area contributed by atoms with E-state index in [0.29, 0.717) is 5.03 Å². The number of hydrogen-bond donors (Lipinski definition) is 0. The van der Waals surface area contributed by atoms with Crippen LogP contribution in [-0.2, 0) is 4.74 Å². The van der Waals surface area contributed by atoms with E-state index < -0.39 is 0 Å². The molecule has 76 valence electrons. The predicted molar refractivity (Wildman–Crippen MR) is 56.1 cm³/mol. The highest BCUT2D eigenvalue weighted by Crippen LogP contribution is 2.21. The molecule has 1 aliphatic rings. The van der Waals surface area contributed by atoms with Crippen molar-refractivity contribution in [1.29, 1.82) is 0 Å². The van der Waals surface area contributed by atoms with Gasteiger partial charge in [0.15, 0.2) is 0 Å². The van der Waals surface area contributed by atoms with Crippen LogP contribution in [0.5, 0.6) is 0 Å². The first kappa shape index (κ1) is 11.0. The summed E-state index contributed by atoms with van der Waals surface area (Å²) in [5, 5.41) is 0.699. The molecule has 0 bridgehead atoms. The molecule has 1 aliphatic heterocycles. The van der Waals surface area contributed by atoms with E-state index in [9.17, 15) is 0 Å². The fourth-order valence-corrected chi connectivity index (χ4v) is 2.12. The van der Waals surface area contributed by atoms with Gasteiger partial charge in [0.1, 0.15) is 0 Å². The third-order valence-corrected chi connectivity index (χ3v) is 2.15. The number of morpholine rings is 1. The van der Waals surface area contributed by atoms with Gasteiger partial charge >= 0.3 is 0 Å². The van der Waals surface area contributed by atoms with E-state index in [1.165, 1.54) is 0 Å². The normalized spacial score (nSPS) is 28.8. The molecule has 0 aromatic rings. The van der Waals surface area contributed by atoms with Gasteiger partial charge in [0.2, 0.25) is 0 Å². The molecule has 0 radical (unpaired) electrons. The summed E-state index contributed by atoms with van der Waals surface area (Å²) < 4.78 is 5.77. The maximum Gasteiger partial charge on any atom is 0.0757 e. The maximum absolute atomic E-state index is 5.77. The summed E-state index contributed by atoms with van der Waals surface area (Å²) >= 11 is 5.77. The molecular formula is C10H18ClNO. The summed E-state index contributed by atoms with van der Waals surface area (Å²) in [4.78, 5) is 2.28. The van der Waals surface area contributed by atoms with Crippen LogP contribution in [0.15, 0.2) is 11.6 Å². The zero-order chi connectivity index (χ0) is 10.1. The molecule has 13 heavy (non-hydrogen) atoms. The SMILES string of the molecule is C=C(Cl)CN1CC(C)OC(C)(C)C1. The lowest BCUT2D eigenvalue weighted by Crippen LogP contribution is -2.51. The molecule has 1 unspecified atom stereocenters. The van der Waals surface area contributed by atoms with Gasteiger partial charge in [0.25, 0.3) is 0 Å². The average molecular weight is 204 g/mol. The lowest BCUT2D eigenvalue weighted by atomic mass is 10.1. The van der Waals surface area contributed by atoms with Crippen LogP contribution in [0.2, 0.25) is 0 Å². The van der Waals surface area contributed by atoms with E-state index in [2.05, 4.69) is 32.3 Å². The summed E-state index contributed by atoms with van der Waals surface area (Å²) in [6.45, 7) is 12.6. The topological polar surface area (TPSA) is 12.5 Å². The molecule has 0 saturated carbocycles. The van der Waals surface area contributed by atoms with Crippen molar-refractivity contribution in [3.63, 3.8) is 0 Å². The molecule has 1 heterocycles. The molecule has 1 atom stereocenters. The molecule has 1 rings (SSSR count). The van der Waals surface area contributed by atoms with Crippen LogP contribution < -0.4 is 0 Å². The van der Waals surface area contributed by atoms with Crippen molar-refractivity contribution >= 4 is 11.6 Å². The highest BCUT2D eigenvalue weighted by molar-refractivity contribution is 6.29. The van der Waals surface area contributed by atoms with Gasteiger partial charge in [-0.25, -0.2) is 0 Å². The van der Waals surface area contributed by atoms with E-state index >= 15 is 0 Å². The quantitative estimate of drug-likeness (QED) is 0.683. The van der Waals surface area contributed by atoms with Crippen molar-refractivity contribution in [2.24, 2.45) is 0 Å². The van der Waals surface area contributed by atoms with Crippen molar-refractivity contribution in [2.45, 2.75) is 32.5 Å².